The zero-order valence-electron chi connectivity index (χ0n) is 10.7. The van der Waals surface area contributed by atoms with Crippen molar-refractivity contribution in [2.24, 2.45) is 5.41 Å². The Morgan fingerprint density at radius 2 is 2.18 bits per heavy atom. The van der Waals surface area contributed by atoms with Gasteiger partial charge in [0, 0.05) is 22.6 Å². The van der Waals surface area contributed by atoms with Crippen LogP contribution in [0.5, 0.6) is 0 Å². The van der Waals surface area contributed by atoms with E-state index in [1.54, 1.807) is 0 Å². The van der Waals surface area contributed by atoms with Crippen LogP contribution in [-0.2, 0) is 20.3 Å². The van der Waals surface area contributed by atoms with Crippen LogP contribution in [0, 0.1) is 5.41 Å². The fourth-order valence-corrected chi connectivity index (χ4v) is 4.89. The lowest BCUT2D eigenvalue weighted by Gasteiger charge is -2.44. The summed E-state index contributed by atoms with van der Waals surface area (Å²) in [6, 6.07) is -0.176. The first-order valence-corrected chi connectivity index (χ1v) is 7.52. The molecular weight excluding hydrogens is 238 g/mol. The van der Waals surface area contributed by atoms with E-state index in [1.165, 1.54) is 7.11 Å². The highest BCUT2D eigenvalue weighted by molar-refractivity contribution is 7.85. The zero-order chi connectivity index (χ0) is 12.6. The Labute approximate surface area is 105 Å². The smallest absolute Gasteiger partial charge is 0.323 e. The molecular formula is C12H21NO3S. The van der Waals surface area contributed by atoms with Gasteiger partial charge in [0.05, 0.1) is 12.4 Å². The molecule has 4 nitrogen and oxygen atoms in total. The van der Waals surface area contributed by atoms with Crippen LogP contribution in [0.4, 0.5) is 0 Å². The number of nitrogens with one attached hydrogen (secondary N) is 1. The number of hydrogen-bond acceptors (Lipinski definition) is 4. The number of methoxy groups -OCH3 is 1. The standard InChI is InChI=1S/C12H21NO3S/c1-12(2)5-4-8-10(6-12)17(15)7-9(13-8)11(14)16-3/h8-10,13H,4-7H2,1-3H3. The third kappa shape index (κ3) is 2.71. The molecule has 0 radical (unpaired) electrons. The second kappa shape index (κ2) is 4.69. The number of hydrogen-bond donors (Lipinski definition) is 1. The Kier molecular flexibility index (Phi) is 3.59. The van der Waals surface area contributed by atoms with Crippen LogP contribution in [0.15, 0.2) is 0 Å². The Morgan fingerprint density at radius 1 is 1.47 bits per heavy atom. The summed E-state index contributed by atoms with van der Waals surface area (Å²) in [5.74, 6) is 0.103. The van der Waals surface area contributed by atoms with E-state index < -0.39 is 10.8 Å². The molecule has 1 saturated heterocycles. The van der Waals surface area contributed by atoms with Crippen LogP contribution >= 0.6 is 0 Å². The van der Waals surface area contributed by atoms with Crippen LogP contribution in [0.2, 0.25) is 0 Å². The van der Waals surface area contributed by atoms with Gasteiger partial charge in [-0.2, -0.15) is 0 Å². The Balaban J connectivity index is 2.08. The minimum atomic E-state index is -0.919. The largest absolute Gasteiger partial charge is 0.468 e. The summed E-state index contributed by atoms with van der Waals surface area (Å²) in [6.45, 7) is 4.46. The SMILES string of the molecule is COC(=O)C1CS(=O)C2CC(C)(C)CCC2N1. The molecule has 0 aromatic rings. The summed E-state index contributed by atoms with van der Waals surface area (Å²) in [5.41, 5.74) is 0.274. The summed E-state index contributed by atoms with van der Waals surface area (Å²) in [7, 11) is 0.459. The lowest BCUT2D eigenvalue weighted by Crippen LogP contribution is -2.60. The van der Waals surface area contributed by atoms with Gasteiger partial charge in [-0.1, -0.05) is 13.8 Å². The van der Waals surface area contributed by atoms with E-state index in [-0.39, 0.29) is 28.7 Å². The molecule has 98 valence electrons. The van der Waals surface area contributed by atoms with Gasteiger partial charge in [0.15, 0.2) is 0 Å². The maximum absolute atomic E-state index is 12.2. The van der Waals surface area contributed by atoms with Crippen molar-refractivity contribution in [1.29, 1.82) is 0 Å². The molecule has 2 rings (SSSR count). The van der Waals surface area contributed by atoms with Gasteiger partial charge in [-0.25, -0.2) is 0 Å². The van der Waals surface area contributed by atoms with Gasteiger partial charge in [0.1, 0.15) is 6.04 Å². The number of fused-ring (bicyclic) bond motifs is 1. The monoisotopic (exact) mass is 259 g/mol. The predicted molar refractivity (Wildman–Crippen MR) is 67.2 cm³/mol. The van der Waals surface area contributed by atoms with Gasteiger partial charge in [0.25, 0.3) is 0 Å². The van der Waals surface area contributed by atoms with E-state index >= 15 is 0 Å². The average Bonchev–Trinajstić information content (AvgIpc) is 2.28. The molecule has 0 aromatic heterocycles. The predicted octanol–water partition coefficient (Wildman–Crippen LogP) is 0.827. The van der Waals surface area contributed by atoms with Crippen molar-refractivity contribution < 1.29 is 13.7 Å². The van der Waals surface area contributed by atoms with Crippen LogP contribution in [0.25, 0.3) is 0 Å². The van der Waals surface area contributed by atoms with Crippen molar-refractivity contribution in [3.05, 3.63) is 0 Å². The van der Waals surface area contributed by atoms with E-state index in [0.29, 0.717) is 5.75 Å². The molecule has 2 aliphatic rings. The molecule has 2 fully saturated rings. The van der Waals surface area contributed by atoms with E-state index in [9.17, 15) is 9.00 Å². The second-order valence-corrected chi connectivity index (χ2v) is 7.54. The molecule has 1 aliphatic carbocycles. The van der Waals surface area contributed by atoms with E-state index in [1.807, 2.05) is 0 Å². The van der Waals surface area contributed by atoms with Crippen LogP contribution in [-0.4, -0.2) is 40.4 Å². The number of carbonyl (C=O) groups is 1. The molecule has 0 aromatic carbocycles. The first kappa shape index (κ1) is 13.0. The molecule has 5 heteroatoms. The van der Waals surface area contributed by atoms with Gasteiger partial charge in [-0.3, -0.25) is 14.3 Å². The number of rotatable bonds is 1. The van der Waals surface area contributed by atoms with Crippen LogP contribution in [0.3, 0.4) is 0 Å². The molecule has 4 atom stereocenters. The normalized spacial score (nSPS) is 40.4. The topological polar surface area (TPSA) is 55.4 Å². The fraction of sp³-hybridized carbons (Fsp3) is 0.917. The third-order valence-electron chi connectivity index (χ3n) is 3.90. The molecule has 0 spiro atoms. The minimum Gasteiger partial charge on any atom is -0.468 e. The summed E-state index contributed by atoms with van der Waals surface area (Å²) in [5, 5.41) is 3.50. The van der Waals surface area contributed by atoms with Crippen molar-refractivity contribution in [3.8, 4) is 0 Å². The fourth-order valence-electron chi connectivity index (χ4n) is 2.86. The van der Waals surface area contributed by atoms with Crippen molar-refractivity contribution in [3.63, 3.8) is 0 Å². The molecule has 1 N–H and O–H groups in total. The lowest BCUT2D eigenvalue weighted by molar-refractivity contribution is -0.142. The molecule has 1 saturated carbocycles. The van der Waals surface area contributed by atoms with Gasteiger partial charge >= 0.3 is 5.97 Å². The highest BCUT2D eigenvalue weighted by Crippen LogP contribution is 2.39. The molecule has 4 unspecified atom stereocenters. The van der Waals surface area contributed by atoms with Gasteiger partial charge in [0.2, 0.25) is 0 Å². The molecule has 1 aliphatic heterocycles. The second-order valence-electron chi connectivity index (χ2n) is 5.84. The van der Waals surface area contributed by atoms with E-state index in [4.69, 9.17) is 4.74 Å². The van der Waals surface area contributed by atoms with E-state index in [0.717, 1.165) is 19.3 Å². The van der Waals surface area contributed by atoms with Gasteiger partial charge in [-0.05, 0) is 24.7 Å². The summed E-state index contributed by atoms with van der Waals surface area (Å²) >= 11 is 0. The number of esters is 1. The molecule has 17 heavy (non-hydrogen) atoms. The van der Waals surface area contributed by atoms with Crippen molar-refractivity contribution >= 4 is 16.8 Å². The maximum atomic E-state index is 12.2. The van der Waals surface area contributed by atoms with Crippen molar-refractivity contribution in [1.82, 2.24) is 5.32 Å². The summed E-state index contributed by atoms with van der Waals surface area (Å²) in [4.78, 5) is 11.5. The quantitative estimate of drug-likeness (QED) is 0.709. The zero-order valence-corrected chi connectivity index (χ0v) is 11.5. The van der Waals surface area contributed by atoms with E-state index in [2.05, 4.69) is 19.2 Å². The molecule has 1 heterocycles. The maximum Gasteiger partial charge on any atom is 0.323 e. The van der Waals surface area contributed by atoms with Crippen molar-refractivity contribution in [2.75, 3.05) is 12.9 Å². The number of carbonyl (C=O) groups excluding carboxylic acids is 1. The molecule has 0 amide bonds. The van der Waals surface area contributed by atoms with Crippen LogP contribution in [0.1, 0.15) is 33.1 Å². The summed E-state index contributed by atoms with van der Waals surface area (Å²) in [6.07, 6.45) is 3.09. The Morgan fingerprint density at radius 3 is 2.82 bits per heavy atom. The highest BCUT2D eigenvalue weighted by Gasteiger charge is 2.44. The Hall–Kier alpha value is -0.420. The minimum absolute atomic E-state index is 0.194. The van der Waals surface area contributed by atoms with Crippen LogP contribution < -0.4 is 5.32 Å². The number of ether oxygens (including phenoxy) is 1. The Bertz CT molecular complexity index is 343. The highest BCUT2D eigenvalue weighted by atomic mass is 32.2. The van der Waals surface area contributed by atoms with Crippen molar-refractivity contribution in [2.45, 2.75) is 50.4 Å². The van der Waals surface area contributed by atoms with Gasteiger partial charge < -0.3 is 4.74 Å². The lowest BCUT2D eigenvalue weighted by atomic mass is 9.75. The summed E-state index contributed by atoms with van der Waals surface area (Å²) < 4.78 is 16.9. The first-order chi connectivity index (χ1) is 7.93. The molecule has 0 bridgehead atoms. The third-order valence-corrected chi connectivity index (χ3v) is 5.74. The average molecular weight is 259 g/mol. The van der Waals surface area contributed by atoms with Gasteiger partial charge in [-0.15, -0.1) is 0 Å². The first-order valence-electron chi connectivity index (χ1n) is 6.14.